The first-order valence-electron chi connectivity index (χ1n) is 7.22. The summed E-state index contributed by atoms with van der Waals surface area (Å²) < 4.78 is 19.8. The van der Waals surface area contributed by atoms with Gasteiger partial charge in [0, 0.05) is 24.7 Å². The molecule has 21 heavy (non-hydrogen) atoms. The summed E-state index contributed by atoms with van der Waals surface area (Å²) in [5, 5.41) is 8.55. The van der Waals surface area contributed by atoms with Crippen molar-refractivity contribution in [2.45, 2.75) is 37.5 Å². The van der Waals surface area contributed by atoms with E-state index in [1.807, 2.05) is 6.07 Å². The molecule has 3 rings (SSSR count). The third-order valence-corrected chi connectivity index (χ3v) is 4.61. The van der Waals surface area contributed by atoms with Crippen molar-refractivity contribution in [3.05, 3.63) is 23.5 Å². The van der Waals surface area contributed by atoms with Gasteiger partial charge >= 0.3 is 0 Å². The van der Waals surface area contributed by atoms with E-state index in [2.05, 4.69) is 0 Å². The van der Waals surface area contributed by atoms with E-state index in [-0.39, 0.29) is 12.5 Å². The topological polar surface area (TPSA) is 53.3 Å². The molecule has 1 heterocycles. The van der Waals surface area contributed by atoms with Gasteiger partial charge in [0.15, 0.2) is 6.61 Å². The third kappa shape index (κ3) is 1.98. The van der Waals surface area contributed by atoms with E-state index >= 15 is 0 Å². The molecule has 0 N–H and O–H groups in total. The molecule has 0 radical (unpaired) electrons. The SMILES string of the molecule is CN1C(=O)C2(CCCCC2)c2c(F)cc(OCC#N)cc21. The first kappa shape index (κ1) is 13.9. The van der Waals surface area contributed by atoms with Crippen molar-refractivity contribution < 1.29 is 13.9 Å². The Kier molecular flexibility index (Phi) is 3.32. The van der Waals surface area contributed by atoms with Crippen LogP contribution < -0.4 is 9.64 Å². The van der Waals surface area contributed by atoms with E-state index < -0.39 is 11.2 Å². The van der Waals surface area contributed by atoms with Crippen molar-refractivity contribution in [3.63, 3.8) is 0 Å². The smallest absolute Gasteiger partial charge is 0.237 e. The summed E-state index contributed by atoms with van der Waals surface area (Å²) >= 11 is 0. The molecule has 0 atom stereocenters. The Morgan fingerprint density at radius 3 is 2.76 bits per heavy atom. The fourth-order valence-corrected chi connectivity index (χ4v) is 3.66. The largest absolute Gasteiger partial charge is 0.479 e. The van der Waals surface area contributed by atoms with E-state index in [1.54, 1.807) is 13.1 Å². The summed E-state index contributed by atoms with van der Waals surface area (Å²) in [4.78, 5) is 14.2. The standard InChI is InChI=1S/C16H17FN2O2/c1-19-13-10-11(21-8-7-18)9-12(17)14(13)16(15(19)20)5-3-2-4-6-16/h9-10H,2-6,8H2,1H3. The van der Waals surface area contributed by atoms with Gasteiger partial charge in [-0.25, -0.2) is 4.39 Å². The van der Waals surface area contributed by atoms with Gasteiger partial charge < -0.3 is 9.64 Å². The van der Waals surface area contributed by atoms with Crippen LogP contribution in [0.3, 0.4) is 0 Å². The lowest BCUT2D eigenvalue weighted by molar-refractivity contribution is -0.124. The summed E-state index contributed by atoms with van der Waals surface area (Å²) in [6.07, 6.45) is 4.41. The quantitative estimate of drug-likeness (QED) is 0.840. The molecule has 1 spiro atoms. The highest BCUT2D eigenvalue weighted by Gasteiger charge is 2.51. The van der Waals surface area contributed by atoms with Crippen LogP contribution in [0, 0.1) is 17.1 Å². The van der Waals surface area contributed by atoms with Crippen LogP contribution in [0.5, 0.6) is 5.75 Å². The van der Waals surface area contributed by atoms with Gasteiger partial charge in [0.05, 0.1) is 11.1 Å². The van der Waals surface area contributed by atoms with E-state index in [1.165, 1.54) is 11.0 Å². The molecule has 1 aromatic rings. The molecule has 1 amide bonds. The molecule has 4 nitrogen and oxygen atoms in total. The van der Waals surface area contributed by atoms with Gasteiger partial charge in [-0.2, -0.15) is 5.26 Å². The molecule has 1 aliphatic heterocycles. The number of halogens is 1. The molecule has 0 aromatic heterocycles. The summed E-state index contributed by atoms with van der Waals surface area (Å²) in [5.74, 6) is -0.131. The van der Waals surface area contributed by atoms with Crippen LogP contribution in [0.4, 0.5) is 10.1 Å². The Hall–Kier alpha value is -2.09. The van der Waals surface area contributed by atoms with Crippen LogP contribution in [0.15, 0.2) is 12.1 Å². The predicted molar refractivity (Wildman–Crippen MR) is 75.7 cm³/mol. The normalized spacial score (nSPS) is 19.5. The minimum atomic E-state index is -0.694. The molecule has 1 aromatic carbocycles. The zero-order valence-corrected chi connectivity index (χ0v) is 12.0. The Balaban J connectivity index is 2.09. The van der Waals surface area contributed by atoms with Crippen LogP contribution in [0.1, 0.15) is 37.7 Å². The number of benzene rings is 1. The van der Waals surface area contributed by atoms with E-state index in [0.717, 1.165) is 19.3 Å². The fourth-order valence-electron chi connectivity index (χ4n) is 3.66. The molecular weight excluding hydrogens is 271 g/mol. The number of anilines is 1. The average Bonchev–Trinajstić information content (AvgIpc) is 2.69. The van der Waals surface area contributed by atoms with Crippen LogP contribution in [-0.4, -0.2) is 19.6 Å². The minimum Gasteiger partial charge on any atom is -0.479 e. The highest BCUT2D eigenvalue weighted by Crippen LogP contribution is 2.51. The number of hydrogen-bond acceptors (Lipinski definition) is 3. The van der Waals surface area contributed by atoms with Crippen molar-refractivity contribution in [2.24, 2.45) is 0 Å². The Morgan fingerprint density at radius 1 is 1.38 bits per heavy atom. The predicted octanol–water partition coefficient (Wildman–Crippen LogP) is 2.91. The van der Waals surface area contributed by atoms with Crippen molar-refractivity contribution in [1.29, 1.82) is 5.26 Å². The van der Waals surface area contributed by atoms with Gasteiger partial charge in [-0.3, -0.25) is 4.79 Å². The van der Waals surface area contributed by atoms with Gasteiger partial charge in [0.1, 0.15) is 17.6 Å². The Labute approximate surface area is 123 Å². The second kappa shape index (κ2) is 5.03. The summed E-state index contributed by atoms with van der Waals surface area (Å²) in [7, 11) is 1.68. The van der Waals surface area contributed by atoms with Crippen LogP contribution in [-0.2, 0) is 10.2 Å². The van der Waals surface area contributed by atoms with Crippen LogP contribution >= 0.6 is 0 Å². The number of fused-ring (bicyclic) bond motifs is 2. The van der Waals surface area contributed by atoms with Crippen molar-refractivity contribution in [1.82, 2.24) is 0 Å². The number of amides is 1. The van der Waals surface area contributed by atoms with Crippen molar-refractivity contribution in [3.8, 4) is 11.8 Å². The maximum absolute atomic E-state index is 14.6. The fraction of sp³-hybridized carbons (Fsp3) is 0.500. The Morgan fingerprint density at radius 2 is 2.10 bits per heavy atom. The van der Waals surface area contributed by atoms with Gasteiger partial charge in [0.25, 0.3) is 0 Å². The molecular formula is C16H17FN2O2. The first-order chi connectivity index (χ1) is 10.1. The van der Waals surface area contributed by atoms with Gasteiger partial charge in [0.2, 0.25) is 5.91 Å². The molecule has 0 saturated heterocycles. The molecule has 1 saturated carbocycles. The summed E-state index contributed by atoms with van der Waals surface area (Å²) in [6, 6.07) is 4.81. The molecule has 0 bridgehead atoms. The minimum absolute atomic E-state index is 0.0199. The molecule has 110 valence electrons. The second-order valence-corrected chi connectivity index (χ2v) is 5.75. The van der Waals surface area contributed by atoms with E-state index in [4.69, 9.17) is 10.00 Å². The monoisotopic (exact) mass is 288 g/mol. The zero-order valence-electron chi connectivity index (χ0n) is 12.0. The number of nitriles is 1. The third-order valence-electron chi connectivity index (χ3n) is 4.61. The maximum Gasteiger partial charge on any atom is 0.237 e. The van der Waals surface area contributed by atoms with Gasteiger partial charge in [-0.05, 0) is 12.8 Å². The van der Waals surface area contributed by atoms with Crippen LogP contribution in [0.25, 0.3) is 0 Å². The number of ether oxygens (including phenoxy) is 1. The van der Waals surface area contributed by atoms with Gasteiger partial charge in [-0.15, -0.1) is 0 Å². The Bertz CT molecular complexity index is 630. The number of likely N-dealkylation sites (N-methyl/N-ethyl adjacent to an activating group) is 1. The number of carbonyl (C=O) groups is 1. The lowest BCUT2D eigenvalue weighted by Gasteiger charge is -2.32. The molecule has 2 aliphatic rings. The maximum atomic E-state index is 14.6. The lowest BCUT2D eigenvalue weighted by Crippen LogP contribution is -2.40. The van der Waals surface area contributed by atoms with E-state index in [9.17, 15) is 9.18 Å². The number of hydrogen-bond donors (Lipinski definition) is 0. The molecule has 0 unspecified atom stereocenters. The number of carbonyl (C=O) groups excluding carboxylic acids is 1. The lowest BCUT2D eigenvalue weighted by atomic mass is 9.70. The summed E-state index contributed by atoms with van der Waals surface area (Å²) in [6.45, 7) is -0.138. The van der Waals surface area contributed by atoms with Gasteiger partial charge in [-0.1, -0.05) is 19.3 Å². The molecule has 1 fully saturated rings. The van der Waals surface area contributed by atoms with E-state index in [0.29, 0.717) is 29.8 Å². The average molecular weight is 288 g/mol. The molecule has 1 aliphatic carbocycles. The number of nitrogens with zero attached hydrogens (tertiary/aromatic N) is 2. The first-order valence-corrected chi connectivity index (χ1v) is 7.22. The van der Waals surface area contributed by atoms with Crippen molar-refractivity contribution >= 4 is 11.6 Å². The molecule has 5 heteroatoms. The second-order valence-electron chi connectivity index (χ2n) is 5.75. The highest BCUT2D eigenvalue weighted by molar-refractivity contribution is 6.08. The summed E-state index contributed by atoms with van der Waals surface area (Å²) in [5.41, 5.74) is 0.397. The number of rotatable bonds is 2. The van der Waals surface area contributed by atoms with Crippen molar-refractivity contribution in [2.75, 3.05) is 18.6 Å². The highest BCUT2D eigenvalue weighted by atomic mass is 19.1. The van der Waals surface area contributed by atoms with Crippen LogP contribution in [0.2, 0.25) is 0 Å². The zero-order chi connectivity index (χ0) is 15.0.